The highest BCUT2D eigenvalue weighted by Crippen LogP contribution is 2.19. The van der Waals surface area contributed by atoms with Crippen LogP contribution < -0.4 is 10.2 Å². The lowest BCUT2D eigenvalue weighted by Crippen LogP contribution is -2.26. The maximum absolute atomic E-state index is 4.70. The molecule has 1 N–H and O–H groups in total. The van der Waals surface area contributed by atoms with Gasteiger partial charge >= 0.3 is 0 Å². The minimum absolute atomic E-state index is 0.379. The maximum Gasteiger partial charge on any atom is 0.0574 e. The van der Waals surface area contributed by atoms with Crippen LogP contribution in [0.25, 0.3) is 0 Å². The van der Waals surface area contributed by atoms with E-state index >= 15 is 0 Å². The summed E-state index contributed by atoms with van der Waals surface area (Å²) in [5.74, 6) is 0. The number of rotatable bonds is 11. The molecule has 1 aromatic rings. The van der Waals surface area contributed by atoms with Gasteiger partial charge in [0.1, 0.15) is 0 Å². The lowest BCUT2D eigenvalue weighted by molar-refractivity contribution is 0.524. The highest BCUT2D eigenvalue weighted by atomic mass is 15.1. The molecular formula is C18H33N3. The molecule has 0 spiro atoms. The van der Waals surface area contributed by atoms with Crippen LogP contribution in [-0.4, -0.2) is 24.6 Å². The Balaban J connectivity index is 2.75. The van der Waals surface area contributed by atoms with Gasteiger partial charge in [-0.25, -0.2) is 0 Å². The van der Waals surface area contributed by atoms with Crippen LogP contribution in [0.5, 0.6) is 0 Å². The molecule has 0 aliphatic heterocycles. The van der Waals surface area contributed by atoms with Crippen molar-refractivity contribution >= 4 is 5.69 Å². The zero-order valence-corrected chi connectivity index (χ0v) is 14.4. The van der Waals surface area contributed by atoms with Gasteiger partial charge in [0, 0.05) is 19.1 Å². The van der Waals surface area contributed by atoms with E-state index in [0.717, 1.165) is 31.7 Å². The molecule has 0 aromatic carbocycles. The maximum atomic E-state index is 4.70. The Morgan fingerprint density at radius 2 is 1.71 bits per heavy atom. The molecule has 0 radical (unpaired) electrons. The summed E-state index contributed by atoms with van der Waals surface area (Å²) in [6.07, 6.45) is 8.12. The molecule has 0 amide bonds. The van der Waals surface area contributed by atoms with Gasteiger partial charge in [0.2, 0.25) is 0 Å². The number of pyridine rings is 1. The van der Waals surface area contributed by atoms with Crippen LogP contribution in [0.1, 0.15) is 71.5 Å². The first kappa shape index (κ1) is 18.0. The average Bonchev–Trinajstić information content (AvgIpc) is 2.53. The predicted molar refractivity (Wildman–Crippen MR) is 93.0 cm³/mol. The standard InChI is InChI=1S/C18H33N3/c1-5-9-13-21(14-10-6-2)16-11-12-18(20-15-16)17(7-3)19-8-4/h11-12,15,17,19H,5-10,13-14H2,1-4H3. The second-order valence-electron chi connectivity index (χ2n) is 5.65. The zero-order valence-electron chi connectivity index (χ0n) is 14.4. The molecule has 21 heavy (non-hydrogen) atoms. The van der Waals surface area contributed by atoms with E-state index in [1.165, 1.54) is 31.4 Å². The summed E-state index contributed by atoms with van der Waals surface area (Å²) in [6, 6.07) is 4.81. The number of anilines is 1. The summed E-state index contributed by atoms with van der Waals surface area (Å²) in [7, 11) is 0. The van der Waals surface area contributed by atoms with Crippen molar-refractivity contribution in [3.63, 3.8) is 0 Å². The normalized spacial score (nSPS) is 12.4. The molecule has 0 aliphatic carbocycles. The Morgan fingerprint density at radius 3 is 2.14 bits per heavy atom. The monoisotopic (exact) mass is 291 g/mol. The third-order valence-corrected chi connectivity index (χ3v) is 3.91. The zero-order chi connectivity index (χ0) is 15.5. The van der Waals surface area contributed by atoms with Gasteiger partial charge in [-0.15, -0.1) is 0 Å². The molecule has 0 aliphatic rings. The largest absolute Gasteiger partial charge is 0.370 e. The topological polar surface area (TPSA) is 28.2 Å². The number of nitrogens with zero attached hydrogens (tertiary/aromatic N) is 2. The van der Waals surface area contributed by atoms with Crippen LogP contribution in [0.4, 0.5) is 5.69 Å². The number of nitrogens with one attached hydrogen (secondary N) is 1. The molecule has 120 valence electrons. The van der Waals surface area contributed by atoms with E-state index in [-0.39, 0.29) is 0 Å². The molecular weight excluding hydrogens is 258 g/mol. The Morgan fingerprint density at radius 1 is 1.05 bits per heavy atom. The smallest absolute Gasteiger partial charge is 0.0574 e. The van der Waals surface area contributed by atoms with Crippen molar-refractivity contribution in [3.05, 3.63) is 24.0 Å². The first-order chi connectivity index (χ1) is 10.3. The van der Waals surface area contributed by atoms with Crippen molar-refractivity contribution in [2.75, 3.05) is 24.5 Å². The summed E-state index contributed by atoms with van der Waals surface area (Å²) in [5.41, 5.74) is 2.43. The van der Waals surface area contributed by atoms with Crippen molar-refractivity contribution in [1.82, 2.24) is 10.3 Å². The van der Waals surface area contributed by atoms with Gasteiger partial charge in [-0.1, -0.05) is 40.5 Å². The van der Waals surface area contributed by atoms with Gasteiger partial charge in [-0.05, 0) is 37.9 Å². The van der Waals surface area contributed by atoms with Crippen molar-refractivity contribution in [2.24, 2.45) is 0 Å². The van der Waals surface area contributed by atoms with Gasteiger partial charge in [0.05, 0.1) is 17.6 Å². The second-order valence-corrected chi connectivity index (χ2v) is 5.65. The molecule has 1 atom stereocenters. The molecule has 0 fully saturated rings. The van der Waals surface area contributed by atoms with Crippen molar-refractivity contribution in [3.8, 4) is 0 Å². The van der Waals surface area contributed by atoms with E-state index in [0.29, 0.717) is 6.04 Å². The number of hydrogen-bond donors (Lipinski definition) is 1. The third-order valence-electron chi connectivity index (χ3n) is 3.91. The van der Waals surface area contributed by atoms with Crippen LogP contribution in [0.15, 0.2) is 18.3 Å². The summed E-state index contributed by atoms with van der Waals surface area (Å²) in [6.45, 7) is 12.1. The molecule has 0 saturated carbocycles. The van der Waals surface area contributed by atoms with Crippen LogP contribution >= 0.6 is 0 Å². The fraction of sp³-hybridized carbons (Fsp3) is 0.722. The van der Waals surface area contributed by atoms with Gasteiger partial charge < -0.3 is 10.2 Å². The molecule has 1 rings (SSSR count). The summed E-state index contributed by atoms with van der Waals surface area (Å²) >= 11 is 0. The lowest BCUT2D eigenvalue weighted by atomic mass is 10.1. The minimum Gasteiger partial charge on any atom is -0.370 e. The van der Waals surface area contributed by atoms with Gasteiger partial charge in [-0.2, -0.15) is 0 Å². The van der Waals surface area contributed by atoms with E-state index in [1.54, 1.807) is 0 Å². The Labute approximate surface area is 131 Å². The fourth-order valence-electron chi connectivity index (χ4n) is 2.56. The molecule has 0 bridgehead atoms. The summed E-state index contributed by atoms with van der Waals surface area (Å²) in [5, 5.41) is 3.49. The van der Waals surface area contributed by atoms with Crippen LogP contribution in [-0.2, 0) is 0 Å². The highest BCUT2D eigenvalue weighted by molar-refractivity contribution is 5.44. The van der Waals surface area contributed by atoms with Crippen molar-refractivity contribution in [2.45, 2.75) is 65.8 Å². The number of unbranched alkanes of at least 4 members (excludes halogenated alkanes) is 2. The van der Waals surface area contributed by atoms with Crippen LogP contribution in [0, 0.1) is 0 Å². The predicted octanol–water partition coefficient (Wildman–Crippen LogP) is 4.55. The summed E-state index contributed by atoms with van der Waals surface area (Å²) < 4.78 is 0. The molecule has 1 aromatic heterocycles. The molecule has 0 saturated heterocycles. The Kier molecular flexibility index (Phi) is 9.07. The molecule has 1 heterocycles. The van der Waals surface area contributed by atoms with Crippen molar-refractivity contribution < 1.29 is 0 Å². The Hall–Kier alpha value is -1.09. The van der Waals surface area contributed by atoms with E-state index in [2.05, 4.69) is 56.2 Å². The van der Waals surface area contributed by atoms with E-state index in [9.17, 15) is 0 Å². The van der Waals surface area contributed by atoms with Crippen LogP contribution in [0.2, 0.25) is 0 Å². The third kappa shape index (κ3) is 6.04. The first-order valence-corrected chi connectivity index (χ1v) is 8.70. The highest BCUT2D eigenvalue weighted by Gasteiger charge is 2.11. The Bertz CT molecular complexity index is 353. The fourth-order valence-corrected chi connectivity index (χ4v) is 2.56. The van der Waals surface area contributed by atoms with Crippen molar-refractivity contribution in [1.29, 1.82) is 0 Å². The average molecular weight is 291 g/mol. The first-order valence-electron chi connectivity index (χ1n) is 8.70. The minimum atomic E-state index is 0.379. The van der Waals surface area contributed by atoms with Gasteiger partial charge in [0.15, 0.2) is 0 Å². The molecule has 3 heteroatoms. The van der Waals surface area contributed by atoms with Crippen LogP contribution in [0.3, 0.4) is 0 Å². The van der Waals surface area contributed by atoms with Gasteiger partial charge in [0.25, 0.3) is 0 Å². The molecule has 3 nitrogen and oxygen atoms in total. The van der Waals surface area contributed by atoms with E-state index in [1.807, 2.05) is 0 Å². The quantitative estimate of drug-likeness (QED) is 0.648. The molecule has 1 unspecified atom stereocenters. The van der Waals surface area contributed by atoms with Gasteiger partial charge in [-0.3, -0.25) is 4.98 Å². The SMILES string of the molecule is CCCCN(CCCC)c1ccc(C(CC)NCC)nc1. The van der Waals surface area contributed by atoms with E-state index < -0.39 is 0 Å². The second kappa shape index (κ2) is 10.6. The van der Waals surface area contributed by atoms with E-state index in [4.69, 9.17) is 4.98 Å². The summed E-state index contributed by atoms with van der Waals surface area (Å²) in [4.78, 5) is 7.19. The lowest BCUT2D eigenvalue weighted by Gasteiger charge is -2.25. The number of aromatic nitrogens is 1. The number of hydrogen-bond acceptors (Lipinski definition) is 3.